The maximum Gasteiger partial charge on any atom is 0.0547 e. The molecule has 1 heterocycles. The summed E-state index contributed by atoms with van der Waals surface area (Å²) in [5, 5.41) is 3.45. The van der Waals surface area contributed by atoms with Gasteiger partial charge in [-0.3, -0.25) is 9.88 Å². The summed E-state index contributed by atoms with van der Waals surface area (Å²) < 4.78 is 0. The van der Waals surface area contributed by atoms with E-state index in [0.29, 0.717) is 6.04 Å². The van der Waals surface area contributed by atoms with Crippen LogP contribution in [0.5, 0.6) is 0 Å². The Hall–Kier alpha value is -0.930. The molecule has 0 fully saturated rings. The molecule has 1 atom stereocenters. The summed E-state index contributed by atoms with van der Waals surface area (Å²) in [7, 11) is 0. The third-order valence-corrected chi connectivity index (χ3v) is 2.86. The van der Waals surface area contributed by atoms with Crippen LogP contribution < -0.4 is 5.32 Å². The van der Waals surface area contributed by atoms with Gasteiger partial charge in [0.1, 0.15) is 0 Å². The number of hydrogen-bond donors (Lipinski definition) is 1. The van der Waals surface area contributed by atoms with Crippen LogP contribution >= 0.6 is 0 Å². The number of pyridine rings is 1. The van der Waals surface area contributed by atoms with Crippen molar-refractivity contribution in [1.29, 1.82) is 0 Å². The summed E-state index contributed by atoms with van der Waals surface area (Å²) >= 11 is 0. The Morgan fingerprint density at radius 2 is 2.12 bits per heavy atom. The summed E-state index contributed by atoms with van der Waals surface area (Å²) in [4.78, 5) is 6.98. The maximum atomic E-state index is 4.55. The molecule has 0 aliphatic heterocycles. The van der Waals surface area contributed by atoms with Crippen molar-refractivity contribution in [3.63, 3.8) is 0 Å². The number of rotatable bonds is 7. The highest BCUT2D eigenvalue weighted by Crippen LogP contribution is 2.04. The molecule has 3 nitrogen and oxygen atoms in total. The smallest absolute Gasteiger partial charge is 0.0547 e. The lowest BCUT2D eigenvalue weighted by molar-refractivity contribution is 0.249. The second-order valence-corrected chi connectivity index (χ2v) is 4.56. The van der Waals surface area contributed by atoms with Crippen molar-refractivity contribution < 1.29 is 0 Å². The van der Waals surface area contributed by atoms with Gasteiger partial charge in [0.15, 0.2) is 0 Å². The SMILES string of the molecule is CCNC(C)CN(CC)Cc1cccc(C)n1. The van der Waals surface area contributed by atoms with Crippen molar-refractivity contribution in [2.45, 2.75) is 40.3 Å². The monoisotopic (exact) mass is 235 g/mol. The molecule has 1 rings (SSSR count). The number of nitrogens with one attached hydrogen (secondary N) is 1. The van der Waals surface area contributed by atoms with E-state index in [4.69, 9.17) is 0 Å². The highest BCUT2D eigenvalue weighted by Gasteiger charge is 2.08. The minimum absolute atomic E-state index is 0.532. The van der Waals surface area contributed by atoms with Crippen LogP contribution in [0.3, 0.4) is 0 Å². The van der Waals surface area contributed by atoms with Gasteiger partial charge in [0.2, 0.25) is 0 Å². The predicted octanol–water partition coefficient (Wildman–Crippen LogP) is 2.21. The van der Waals surface area contributed by atoms with Crippen LogP contribution in [0.2, 0.25) is 0 Å². The summed E-state index contributed by atoms with van der Waals surface area (Å²) in [5.41, 5.74) is 2.26. The Balaban J connectivity index is 2.51. The molecule has 0 aliphatic carbocycles. The average molecular weight is 235 g/mol. The maximum absolute atomic E-state index is 4.55. The largest absolute Gasteiger partial charge is 0.313 e. The molecule has 0 saturated heterocycles. The average Bonchev–Trinajstić information content (AvgIpc) is 2.28. The number of nitrogens with zero attached hydrogens (tertiary/aromatic N) is 2. The fourth-order valence-electron chi connectivity index (χ4n) is 2.02. The molecular formula is C14H25N3. The zero-order valence-electron chi connectivity index (χ0n) is 11.5. The Kier molecular flexibility index (Phi) is 6.16. The summed E-state index contributed by atoms with van der Waals surface area (Å²) in [6.07, 6.45) is 0. The van der Waals surface area contributed by atoms with Gasteiger partial charge >= 0.3 is 0 Å². The number of aryl methyl sites for hydroxylation is 1. The second kappa shape index (κ2) is 7.41. The quantitative estimate of drug-likeness (QED) is 0.785. The van der Waals surface area contributed by atoms with Crippen molar-refractivity contribution in [1.82, 2.24) is 15.2 Å². The molecule has 17 heavy (non-hydrogen) atoms. The third kappa shape index (κ3) is 5.29. The van der Waals surface area contributed by atoms with E-state index in [1.807, 2.05) is 13.0 Å². The van der Waals surface area contributed by atoms with Gasteiger partial charge in [0.25, 0.3) is 0 Å². The molecule has 0 aromatic carbocycles. The van der Waals surface area contributed by atoms with Crippen LogP contribution in [0.1, 0.15) is 32.2 Å². The first kappa shape index (κ1) is 14.1. The van der Waals surface area contributed by atoms with Gasteiger partial charge in [-0.2, -0.15) is 0 Å². The van der Waals surface area contributed by atoms with Crippen LogP contribution in [0.25, 0.3) is 0 Å². The van der Waals surface area contributed by atoms with E-state index < -0.39 is 0 Å². The molecule has 1 aromatic heterocycles. The van der Waals surface area contributed by atoms with Gasteiger partial charge in [-0.25, -0.2) is 0 Å². The molecule has 0 amide bonds. The van der Waals surface area contributed by atoms with Crippen molar-refractivity contribution in [2.75, 3.05) is 19.6 Å². The molecule has 1 aromatic rings. The lowest BCUT2D eigenvalue weighted by atomic mass is 10.2. The molecular weight excluding hydrogens is 210 g/mol. The molecule has 0 spiro atoms. The van der Waals surface area contributed by atoms with Crippen LogP contribution in [0.4, 0.5) is 0 Å². The van der Waals surface area contributed by atoms with E-state index in [0.717, 1.165) is 37.6 Å². The van der Waals surface area contributed by atoms with Gasteiger partial charge in [-0.05, 0) is 39.1 Å². The summed E-state index contributed by atoms with van der Waals surface area (Å²) in [6.45, 7) is 12.7. The Labute approximate surface area is 105 Å². The van der Waals surface area contributed by atoms with Gasteiger partial charge in [-0.15, -0.1) is 0 Å². The topological polar surface area (TPSA) is 28.2 Å². The van der Waals surface area contributed by atoms with Crippen molar-refractivity contribution >= 4 is 0 Å². The van der Waals surface area contributed by atoms with E-state index in [1.54, 1.807) is 0 Å². The van der Waals surface area contributed by atoms with Gasteiger partial charge < -0.3 is 5.32 Å². The van der Waals surface area contributed by atoms with Crippen LogP contribution in [0, 0.1) is 6.92 Å². The third-order valence-electron chi connectivity index (χ3n) is 2.86. The van der Waals surface area contributed by atoms with Crippen molar-refractivity contribution in [2.24, 2.45) is 0 Å². The number of hydrogen-bond acceptors (Lipinski definition) is 3. The minimum Gasteiger partial charge on any atom is -0.313 e. The van der Waals surface area contributed by atoms with E-state index in [-0.39, 0.29) is 0 Å². The lowest BCUT2D eigenvalue weighted by Crippen LogP contribution is -2.38. The summed E-state index contributed by atoms with van der Waals surface area (Å²) in [6, 6.07) is 6.76. The van der Waals surface area contributed by atoms with Gasteiger partial charge in [-0.1, -0.05) is 19.9 Å². The predicted molar refractivity (Wildman–Crippen MR) is 73.1 cm³/mol. The van der Waals surface area contributed by atoms with Crippen LogP contribution in [-0.2, 0) is 6.54 Å². The standard InChI is InChI=1S/C14H25N3/c1-5-15-13(4)10-17(6-2)11-14-9-7-8-12(3)16-14/h7-9,13,15H,5-6,10-11H2,1-4H3. The van der Waals surface area contributed by atoms with Crippen molar-refractivity contribution in [3.05, 3.63) is 29.6 Å². The van der Waals surface area contributed by atoms with Gasteiger partial charge in [0, 0.05) is 24.8 Å². The van der Waals surface area contributed by atoms with Crippen LogP contribution in [0.15, 0.2) is 18.2 Å². The summed E-state index contributed by atoms with van der Waals surface area (Å²) in [5.74, 6) is 0. The fourth-order valence-corrected chi connectivity index (χ4v) is 2.02. The highest BCUT2D eigenvalue weighted by atomic mass is 15.1. The van der Waals surface area contributed by atoms with E-state index in [1.165, 1.54) is 0 Å². The Morgan fingerprint density at radius 1 is 1.35 bits per heavy atom. The fraction of sp³-hybridized carbons (Fsp3) is 0.643. The van der Waals surface area contributed by atoms with Crippen LogP contribution in [-0.4, -0.2) is 35.6 Å². The molecule has 0 saturated carbocycles. The van der Waals surface area contributed by atoms with Gasteiger partial charge in [0.05, 0.1) is 5.69 Å². The second-order valence-electron chi connectivity index (χ2n) is 4.56. The lowest BCUT2D eigenvalue weighted by Gasteiger charge is -2.24. The molecule has 0 bridgehead atoms. The Morgan fingerprint density at radius 3 is 2.71 bits per heavy atom. The van der Waals surface area contributed by atoms with E-state index in [2.05, 4.69) is 48.1 Å². The normalized spacial score (nSPS) is 13.0. The molecule has 0 radical (unpaired) electrons. The molecule has 1 unspecified atom stereocenters. The van der Waals surface area contributed by atoms with Crippen molar-refractivity contribution in [3.8, 4) is 0 Å². The molecule has 3 heteroatoms. The highest BCUT2D eigenvalue weighted by molar-refractivity contribution is 5.09. The zero-order chi connectivity index (χ0) is 12.7. The number of likely N-dealkylation sites (N-methyl/N-ethyl adjacent to an activating group) is 2. The first-order chi connectivity index (χ1) is 8.15. The first-order valence-corrected chi connectivity index (χ1v) is 6.54. The first-order valence-electron chi connectivity index (χ1n) is 6.54. The molecule has 96 valence electrons. The van der Waals surface area contributed by atoms with E-state index in [9.17, 15) is 0 Å². The Bertz CT molecular complexity index is 325. The zero-order valence-corrected chi connectivity index (χ0v) is 11.5. The van der Waals surface area contributed by atoms with E-state index >= 15 is 0 Å². The molecule has 1 N–H and O–H groups in total. The minimum atomic E-state index is 0.532. The molecule has 0 aliphatic rings. The number of aromatic nitrogens is 1.